The van der Waals surface area contributed by atoms with Crippen LogP contribution >= 0.6 is 0 Å². The summed E-state index contributed by atoms with van der Waals surface area (Å²) in [4.78, 5) is 16.5. The maximum atomic E-state index is 10.6. The van der Waals surface area contributed by atoms with E-state index in [0.717, 1.165) is 12.1 Å². The SMILES string of the molecule is CN(CCC(=O)O)c1ccc(Cc2ccncc2)cc1. The number of carboxylic acids is 1. The lowest BCUT2D eigenvalue weighted by Crippen LogP contribution is -2.20. The van der Waals surface area contributed by atoms with E-state index in [1.54, 1.807) is 12.4 Å². The van der Waals surface area contributed by atoms with Crippen LogP contribution in [0.25, 0.3) is 0 Å². The molecule has 4 heteroatoms. The molecule has 0 saturated carbocycles. The summed E-state index contributed by atoms with van der Waals surface area (Å²) in [6.07, 6.45) is 4.61. The molecule has 2 aromatic rings. The molecule has 1 aromatic carbocycles. The van der Waals surface area contributed by atoms with Crippen molar-refractivity contribution >= 4 is 11.7 Å². The van der Waals surface area contributed by atoms with Crippen LogP contribution in [-0.2, 0) is 11.2 Å². The van der Waals surface area contributed by atoms with E-state index in [1.165, 1.54) is 11.1 Å². The standard InChI is InChI=1S/C16H18N2O2/c1-18(11-8-16(19)20)15-4-2-13(3-5-15)12-14-6-9-17-10-7-14/h2-7,9-10H,8,11-12H2,1H3,(H,19,20). The topological polar surface area (TPSA) is 53.4 Å². The van der Waals surface area contributed by atoms with Gasteiger partial charge in [0.25, 0.3) is 0 Å². The number of rotatable bonds is 6. The second kappa shape index (κ2) is 6.70. The summed E-state index contributed by atoms with van der Waals surface area (Å²) in [5.74, 6) is -0.772. The van der Waals surface area contributed by atoms with Crippen LogP contribution in [0.15, 0.2) is 48.8 Å². The van der Waals surface area contributed by atoms with E-state index in [4.69, 9.17) is 5.11 Å². The van der Waals surface area contributed by atoms with Crippen LogP contribution in [0.2, 0.25) is 0 Å². The second-order valence-corrected chi connectivity index (χ2v) is 4.76. The molecule has 1 aromatic heterocycles. The van der Waals surface area contributed by atoms with Crippen LogP contribution in [0.4, 0.5) is 5.69 Å². The van der Waals surface area contributed by atoms with Crippen LogP contribution in [0, 0.1) is 0 Å². The van der Waals surface area contributed by atoms with E-state index in [9.17, 15) is 4.79 Å². The fraction of sp³-hybridized carbons (Fsp3) is 0.250. The van der Waals surface area contributed by atoms with Gasteiger partial charge in [0.15, 0.2) is 0 Å². The van der Waals surface area contributed by atoms with Crippen molar-refractivity contribution in [1.29, 1.82) is 0 Å². The molecule has 0 bridgehead atoms. The molecule has 0 saturated heterocycles. The van der Waals surface area contributed by atoms with Gasteiger partial charge in [-0.15, -0.1) is 0 Å². The zero-order chi connectivity index (χ0) is 14.4. The third kappa shape index (κ3) is 4.09. The van der Waals surface area contributed by atoms with E-state index in [1.807, 2.05) is 36.2 Å². The summed E-state index contributed by atoms with van der Waals surface area (Å²) in [7, 11) is 1.90. The van der Waals surface area contributed by atoms with Gasteiger partial charge < -0.3 is 10.0 Å². The van der Waals surface area contributed by atoms with Crippen LogP contribution in [0.5, 0.6) is 0 Å². The van der Waals surface area contributed by atoms with Gasteiger partial charge in [-0.3, -0.25) is 9.78 Å². The Balaban J connectivity index is 1.97. The molecule has 0 atom stereocenters. The van der Waals surface area contributed by atoms with E-state index in [0.29, 0.717) is 6.54 Å². The smallest absolute Gasteiger partial charge is 0.305 e. The average Bonchev–Trinajstić information content (AvgIpc) is 2.46. The number of carbonyl (C=O) groups is 1. The van der Waals surface area contributed by atoms with Crippen LogP contribution in [0.1, 0.15) is 17.5 Å². The number of hydrogen-bond acceptors (Lipinski definition) is 3. The Labute approximate surface area is 118 Å². The first-order valence-electron chi connectivity index (χ1n) is 6.56. The van der Waals surface area contributed by atoms with Crippen LogP contribution in [-0.4, -0.2) is 29.7 Å². The lowest BCUT2D eigenvalue weighted by Gasteiger charge is -2.18. The summed E-state index contributed by atoms with van der Waals surface area (Å²) in [6.45, 7) is 0.513. The Morgan fingerprint density at radius 1 is 1.10 bits per heavy atom. The first-order chi connectivity index (χ1) is 9.65. The summed E-state index contributed by atoms with van der Waals surface area (Å²) in [6, 6.07) is 12.2. The van der Waals surface area contributed by atoms with Crippen molar-refractivity contribution < 1.29 is 9.90 Å². The zero-order valence-corrected chi connectivity index (χ0v) is 11.5. The van der Waals surface area contributed by atoms with Gasteiger partial charge in [-0.1, -0.05) is 12.1 Å². The predicted molar refractivity (Wildman–Crippen MR) is 79.0 cm³/mol. The van der Waals surface area contributed by atoms with Gasteiger partial charge in [-0.25, -0.2) is 0 Å². The maximum absolute atomic E-state index is 10.6. The third-order valence-electron chi connectivity index (χ3n) is 3.20. The molecule has 1 N–H and O–H groups in total. The summed E-state index contributed by atoms with van der Waals surface area (Å²) < 4.78 is 0. The Hall–Kier alpha value is -2.36. The van der Waals surface area contributed by atoms with Gasteiger partial charge in [-0.2, -0.15) is 0 Å². The highest BCUT2D eigenvalue weighted by Gasteiger charge is 2.04. The summed E-state index contributed by atoms with van der Waals surface area (Å²) in [5.41, 5.74) is 3.49. The minimum atomic E-state index is -0.772. The Morgan fingerprint density at radius 2 is 1.70 bits per heavy atom. The molecule has 20 heavy (non-hydrogen) atoms. The first kappa shape index (κ1) is 14.1. The number of anilines is 1. The molecular formula is C16H18N2O2. The predicted octanol–water partition coefficient (Wildman–Crippen LogP) is 2.58. The highest BCUT2D eigenvalue weighted by molar-refractivity contribution is 5.67. The molecule has 1 heterocycles. The first-order valence-corrected chi connectivity index (χ1v) is 6.56. The number of pyridine rings is 1. The number of nitrogens with zero attached hydrogens (tertiary/aromatic N) is 2. The van der Waals surface area contributed by atoms with Crippen molar-refractivity contribution in [2.45, 2.75) is 12.8 Å². The van der Waals surface area contributed by atoms with Gasteiger partial charge >= 0.3 is 5.97 Å². The molecule has 0 fully saturated rings. The Kier molecular flexibility index (Phi) is 4.71. The summed E-state index contributed by atoms with van der Waals surface area (Å²) >= 11 is 0. The number of aliphatic carboxylic acids is 1. The molecular weight excluding hydrogens is 252 g/mol. The molecule has 0 aliphatic heterocycles. The minimum Gasteiger partial charge on any atom is -0.481 e. The van der Waals surface area contributed by atoms with Gasteiger partial charge in [0.1, 0.15) is 0 Å². The van der Waals surface area contributed by atoms with Crippen LogP contribution in [0.3, 0.4) is 0 Å². The molecule has 0 spiro atoms. The van der Waals surface area contributed by atoms with Crippen molar-refractivity contribution in [3.8, 4) is 0 Å². The van der Waals surface area contributed by atoms with Crippen molar-refractivity contribution in [2.75, 3.05) is 18.5 Å². The van der Waals surface area contributed by atoms with Gasteiger partial charge in [0.2, 0.25) is 0 Å². The molecule has 2 rings (SSSR count). The van der Waals surface area contributed by atoms with Crippen molar-refractivity contribution in [2.24, 2.45) is 0 Å². The number of hydrogen-bond donors (Lipinski definition) is 1. The Bertz CT molecular complexity index is 552. The van der Waals surface area contributed by atoms with Crippen molar-refractivity contribution in [3.05, 3.63) is 59.9 Å². The quantitative estimate of drug-likeness (QED) is 0.876. The third-order valence-corrected chi connectivity index (χ3v) is 3.20. The van der Waals surface area contributed by atoms with E-state index in [-0.39, 0.29) is 6.42 Å². The highest BCUT2D eigenvalue weighted by Crippen LogP contribution is 2.16. The normalized spacial score (nSPS) is 10.2. The van der Waals surface area contributed by atoms with Gasteiger partial charge in [-0.05, 0) is 41.8 Å². The number of aromatic nitrogens is 1. The molecule has 4 nitrogen and oxygen atoms in total. The maximum Gasteiger partial charge on any atom is 0.305 e. The Morgan fingerprint density at radius 3 is 2.30 bits per heavy atom. The molecule has 104 valence electrons. The van der Waals surface area contributed by atoms with E-state index in [2.05, 4.69) is 17.1 Å². The van der Waals surface area contributed by atoms with E-state index >= 15 is 0 Å². The fourth-order valence-corrected chi connectivity index (χ4v) is 2.00. The monoisotopic (exact) mass is 270 g/mol. The number of carboxylic acid groups (broad SMARTS) is 1. The molecule has 0 amide bonds. The molecule has 0 radical (unpaired) electrons. The highest BCUT2D eigenvalue weighted by atomic mass is 16.4. The van der Waals surface area contributed by atoms with E-state index < -0.39 is 5.97 Å². The molecule has 0 aliphatic rings. The second-order valence-electron chi connectivity index (χ2n) is 4.76. The largest absolute Gasteiger partial charge is 0.481 e. The minimum absolute atomic E-state index is 0.148. The lowest BCUT2D eigenvalue weighted by atomic mass is 10.1. The molecule has 0 aliphatic carbocycles. The lowest BCUT2D eigenvalue weighted by molar-refractivity contribution is -0.136. The van der Waals surface area contributed by atoms with Gasteiger partial charge in [0, 0.05) is 31.7 Å². The van der Waals surface area contributed by atoms with Crippen molar-refractivity contribution in [1.82, 2.24) is 4.98 Å². The fourth-order valence-electron chi connectivity index (χ4n) is 2.00. The van der Waals surface area contributed by atoms with Gasteiger partial charge in [0.05, 0.1) is 6.42 Å². The van der Waals surface area contributed by atoms with Crippen LogP contribution < -0.4 is 4.90 Å². The van der Waals surface area contributed by atoms with Crippen molar-refractivity contribution in [3.63, 3.8) is 0 Å². The molecule has 0 unspecified atom stereocenters. The average molecular weight is 270 g/mol. The number of benzene rings is 1. The zero-order valence-electron chi connectivity index (χ0n) is 11.5. The summed E-state index contributed by atoms with van der Waals surface area (Å²) in [5, 5.41) is 8.69.